The summed E-state index contributed by atoms with van der Waals surface area (Å²) in [7, 11) is 0. The summed E-state index contributed by atoms with van der Waals surface area (Å²) in [4.78, 5) is 38.8. The van der Waals surface area contributed by atoms with Crippen LogP contribution in [-0.4, -0.2) is 41.4 Å². The van der Waals surface area contributed by atoms with E-state index in [1.165, 1.54) is 5.01 Å². The van der Waals surface area contributed by atoms with Crippen molar-refractivity contribution >= 4 is 45.0 Å². The highest BCUT2D eigenvalue weighted by Gasteiger charge is 2.55. The Kier molecular flexibility index (Phi) is 4.44. The lowest BCUT2D eigenvalue weighted by atomic mass is 10.1. The molecule has 27 heavy (non-hydrogen) atoms. The van der Waals surface area contributed by atoms with Crippen LogP contribution >= 0.6 is 15.9 Å². The summed E-state index contributed by atoms with van der Waals surface area (Å²) in [5, 5.41) is 11.8. The summed E-state index contributed by atoms with van der Waals surface area (Å²) in [6, 6.07) is 13.9. The maximum Gasteiger partial charge on any atom is 0.263 e. The standard InChI is InChI=1S/C18H14BrN5O3/c19-11-6-8-12(9-7-11)20-14(25)10-23-16-15(21-22-23)17(26)24(18(16)27)13-4-2-1-3-5-13/h1-9,15-16H,10H2,(H,20,25)/t15-,16+/m0/s1. The summed E-state index contributed by atoms with van der Waals surface area (Å²) >= 11 is 3.33. The van der Waals surface area contributed by atoms with Crippen LogP contribution in [0.3, 0.4) is 0 Å². The van der Waals surface area contributed by atoms with Crippen LogP contribution in [0.1, 0.15) is 0 Å². The number of rotatable bonds is 4. The Morgan fingerprint density at radius 1 is 1.04 bits per heavy atom. The zero-order valence-electron chi connectivity index (χ0n) is 13.9. The summed E-state index contributed by atoms with van der Waals surface area (Å²) in [6.07, 6.45) is 0. The first-order valence-electron chi connectivity index (χ1n) is 8.20. The Hall–Kier alpha value is -3.07. The van der Waals surface area contributed by atoms with Crippen LogP contribution in [0, 0.1) is 0 Å². The van der Waals surface area contributed by atoms with Crippen molar-refractivity contribution in [3.05, 3.63) is 59.1 Å². The van der Waals surface area contributed by atoms with Crippen molar-refractivity contribution in [2.45, 2.75) is 12.1 Å². The number of carbonyl (C=O) groups excluding carboxylic acids is 3. The van der Waals surface area contributed by atoms with Crippen LogP contribution < -0.4 is 10.2 Å². The predicted octanol–water partition coefficient (Wildman–Crippen LogP) is 2.38. The topological polar surface area (TPSA) is 94.4 Å². The van der Waals surface area contributed by atoms with E-state index in [1.54, 1.807) is 54.6 Å². The minimum Gasteiger partial charge on any atom is -0.324 e. The van der Waals surface area contributed by atoms with Gasteiger partial charge in [0, 0.05) is 10.2 Å². The maximum absolute atomic E-state index is 12.8. The highest BCUT2D eigenvalue weighted by molar-refractivity contribution is 9.10. The predicted molar refractivity (Wildman–Crippen MR) is 101 cm³/mol. The molecule has 2 atom stereocenters. The van der Waals surface area contributed by atoms with Crippen molar-refractivity contribution in [1.82, 2.24) is 5.01 Å². The highest BCUT2D eigenvalue weighted by atomic mass is 79.9. The van der Waals surface area contributed by atoms with Gasteiger partial charge in [0.1, 0.15) is 6.54 Å². The number of hydrogen-bond donors (Lipinski definition) is 1. The molecule has 8 nitrogen and oxygen atoms in total. The Morgan fingerprint density at radius 2 is 1.74 bits per heavy atom. The second-order valence-electron chi connectivity index (χ2n) is 6.09. The van der Waals surface area contributed by atoms with Gasteiger partial charge in [0.2, 0.25) is 5.91 Å². The van der Waals surface area contributed by atoms with E-state index in [0.717, 1.165) is 9.37 Å². The number of anilines is 2. The molecule has 4 rings (SSSR count). The van der Waals surface area contributed by atoms with Crippen molar-refractivity contribution in [1.29, 1.82) is 0 Å². The van der Waals surface area contributed by atoms with Crippen LogP contribution in [-0.2, 0) is 14.4 Å². The molecule has 9 heteroatoms. The van der Waals surface area contributed by atoms with E-state index in [0.29, 0.717) is 11.4 Å². The van der Waals surface area contributed by atoms with Gasteiger partial charge in [-0.3, -0.25) is 19.4 Å². The van der Waals surface area contributed by atoms with Gasteiger partial charge in [-0.1, -0.05) is 39.4 Å². The Morgan fingerprint density at radius 3 is 2.44 bits per heavy atom. The second-order valence-corrected chi connectivity index (χ2v) is 7.01. The molecule has 1 fully saturated rings. The fourth-order valence-electron chi connectivity index (χ4n) is 3.07. The Labute approximate surface area is 163 Å². The molecule has 0 aromatic heterocycles. The van der Waals surface area contributed by atoms with E-state index in [9.17, 15) is 14.4 Å². The van der Waals surface area contributed by atoms with Gasteiger partial charge in [-0.05, 0) is 36.4 Å². The normalized spacial score (nSPS) is 20.9. The molecular weight excluding hydrogens is 414 g/mol. The van der Waals surface area contributed by atoms with E-state index in [2.05, 4.69) is 31.6 Å². The monoisotopic (exact) mass is 427 g/mol. The van der Waals surface area contributed by atoms with Gasteiger partial charge < -0.3 is 5.32 Å². The quantitative estimate of drug-likeness (QED) is 0.757. The first kappa shape index (κ1) is 17.3. The minimum atomic E-state index is -0.918. The molecule has 0 saturated carbocycles. The van der Waals surface area contributed by atoms with Crippen molar-refractivity contribution in [2.75, 3.05) is 16.8 Å². The number of nitrogens with one attached hydrogen (secondary N) is 1. The van der Waals surface area contributed by atoms with Crippen LogP contribution in [0.15, 0.2) is 69.4 Å². The van der Waals surface area contributed by atoms with E-state index in [1.807, 2.05) is 0 Å². The Balaban J connectivity index is 1.47. The SMILES string of the molecule is O=C(CN1N=N[C@@H]2C(=O)N(c3ccccc3)C(=O)[C@@H]21)Nc1ccc(Br)cc1. The molecule has 0 spiro atoms. The van der Waals surface area contributed by atoms with Crippen molar-refractivity contribution in [3.63, 3.8) is 0 Å². The first-order valence-corrected chi connectivity index (χ1v) is 8.99. The molecule has 0 radical (unpaired) electrons. The third-order valence-electron chi connectivity index (χ3n) is 4.31. The van der Waals surface area contributed by atoms with Gasteiger partial charge in [-0.25, -0.2) is 4.90 Å². The molecule has 0 bridgehead atoms. The van der Waals surface area contributed by atoms with Gasteiger partial charge in [-0.15, -0.1) is 0 Å². The molecule has 3 amide bonds. The highest BCUT2D eigenvalue weighted by Crippen LogP contribution is 2.31. The summed E-state index contributed by atoms with van der Waals surface area (Å²) < 4.78 is 0.896. The molecule has 1 saturated heterocycles. The van der Waals surface area contributed by atoms with Crippen LogP contribution in [0.25, 0.3) is 0 Å². The second kappa shape index (κ2) is 6.92. The fourth-order valence-corrected chi connectivity index (χ4v) is 3.33. The van der Waals surface area contributed by atoms with Crippen molar-refractivity contribution < 1.29 is 14.4 Å². The number of amides is 3. The number of benzene rings is 2. The number of hydrogen-bond acceptors (Lipinski definition) is 6. The lowest BCUT2D eigenvalue weighted by molar-refractivity contribution is -0.123. The van der Waals surface area contributed by atoms with E-state index < -0.39 is 23.9 Å². The summed E-state index contributed by atoms with van der Waals surface area (Å²) in [5.41, 5.74) is 1.10. The smallest absolute Gasteiger partial charge is 0.263 e. The summed E-state index contributed by atoms with van der Waals surface area (Å²) in [5.74, 6) is -1.22. The molecule has 2 heterocycles. The molecule has 0 unspecified atom stereocenters. The molecule has 1 N–H and O–H groups in total. The lowest BCUT2D eigenvalue weighted by Gasteiger charge is -2.20. The number of fused-ring (bicyclic) bond motifs is 1. The minimum absolute atomic E-state index is 0.178. The number of imide groups is 1. The fraction of sp³-hybridized carbons (Fsp3) is 0.167. The number of nitrogens with zero attached hydrogens (tertiary/aromatic N) is 4. The van der Waals surface area contributed by atoms with Gasteiger partial charge in [0.25, 0.3) is 11.8 Å². The molecular formula is C18H14BrN5O3. The zero-order chi connectivity index (χ0) is 19.0. The van der Waals surface area contributed by atoms with E-state index in [4.69, 9.17) is 0 Å². The average Bonchev–Trinajstić information content (AvgIpc) is 3.18. The van der Waals surface area contributed by atoms with E-state index in [-0.39, 0.29) is 12.5 Å². The lowest BCUT2D eigenvalue weighted by Crippen LogP contribution is -2.43. The zero-order valence-corrected chi connectivity index (χ0v) is 15.5. The maximum atomic E-state index is 12.8. The molecule has 2 aromatic rings. The van der Waals surface area contributed by atoms with Crippen molar-refractivity contribution in [2.24, 2.45) is 10.3 Å². The van der Waals surface area contributed by atoms with E-state index >= 15 is 0 Å². The van der Waals surface area contributed by atoms with Crippen molar-refractivity contribution in [3.8, 4) is 0 Å². The largest absolute Gasteiger partial charge is 0.324 e. The number of carbonyl (C=O) groups is 3. The van der Waals surface area contributed by atoms with Crippen LogP contribution in [0.5, 0.6) is 0 Å². The molecule has 2 aromatic carbocycles. The van der Waals surface area contributed by atoms with Gasteiger partial charge in [0.15, 0.2) is 12.1 Å². The van der Waals surface area contributed by atoms with Gasteiger partial charge in [-0.2, -0.15) is 5.11 Å². The molecule has 136 valence electrons. The van der Waals surface area contributed by atoms with Gasteiger partial charge >= 0.3 is 0 Å². The average molecular weight is 428 g/mol. The van der Waals surface area contributed by atoms with Crippen LogP contribution in [0.2, 0.25) is 0 Å². The number of para-hydroxylation sites is 1. The molecule has 0 aliphatic carbocycles. The third-order valence-corrected chi connectivity index (χ3v) is 4.83. The van der Waals surface area contributed by atoms with Gasteiger partial charge in [0.05, 0.1) is 5.69 Å². The number of halogens is 1. The molecule has 2 aliphatic heterocycles. The molecule has 2 aliphatic rings. The van der Waals surface area contributed by atoms with Crippen LogP contribution in [0.4, 0.5) is 11.4 Å². The summed E-state index contributed by atoms with van der Waals surface area (Å²) in [6.45, 7) is -0.178. The third kappa shape index (κ3) is 3.21. The Bertz CT molecular complexity index is 932. The first-order chi connectivity index (χ1) is 13.0.